The lowest BCUT2D eigenvalue weighted by atomic mass is 9.97. The molecule has 0 bridgehead atoms. The zero-order valence-corrected chi connectivity index (χ0v) is 14.1. The summed E-state index contributed by atoms with van der Waals surface area (Å²) in [4.78, 5) is 20.2. The maximum absolute atomic E-state index is 12.5. The highest BCUT2D eigenvalue weighted by atomic mass is 32.1. The van der Waals surface area contributed by atoms with Crippen LogP contribution >= 0.6 is 11.3 Å². The summed E-state index contributed by atoms with van der Waals surface area (Å²) >= 11 is 1.78. The van der Waals surface area contributed by atoms with Crippen molar-refractivity contribution < 1.29 is 4.79 Å². The number of nitrogens with zero attached hydrogens (tertiary/aromatic N) is 4. The maximum Gasteiger partial charge on any atom is 0.274 e. The second-order valence-corrected chi connectivity index (χ2v) is 7.42. The van der Waals surface area contributed by atoms with E-state index in [1.54, 1.807) is 11.3 Å². The normalized spacial score (nSPS) is 16.5. The summed E-state index contributed by atoms with van der Waals surface area (Å²) in [6, 6.07) is 2.10. The van der Waals surface area contributed by atoms with Gasteiger partial charge in [0, 0.05) is 42.3 Å². The number of hydrogen-bond acceptors (Lipinski definition) is 4. The first-order chi connectivity index (χ1) is 10.5. The first-order valence-electron chi connectivity index (χ1n) is 7.81. The van der Waals surface area contributed by atoms with E-state index in [9.17, 15) is 4.79 Å². The minimum absolute atomic E-state index is 0.0492. The van der Waals surface area contributed by atoms with Gasteiger partial charge in [-0.05, 0) is 39.7 Å². The van der Waals surface area contributed by atoms with E-state index in [2.05, 4.69) is 30.9 Å². The van der Waals surface area contributed by atoms with Crippen molar-refractivity contribution in [2.24, 2.45) is 0 Å². The highest BCUT2D eigenvalue weighted by Gasteiger charge is 2.27. The van der Waals surface area contributed by atoms with E-state index in [0.29, 0.717) is 11.6 Å². The van der Waals surface area contributed by atoms with E-state index in [1.165, 1.54) is 9.88 Å². The molecular formula is C16H22N4OS. The maximum atomic E-state index is 12.5. The van der Waals surface area contributed by atoms with E-state index in [-0.39, 0.29) is 11.9 Å². The minimum Gasteiger partial charge on any atom is -0.337 e. The number of amides is 1. The number of piperidine rings is 1. The van der Waals surface area contributed by atoms with Gasteiger partial charge >= 0.3 is 0 Å². The molecule has 3 heterocycles. The number of rotatable bonds is 3. The summed E-state index contributed by atoms with van der Waals surface area (Å²) in [7, 11) is 0. The second-order valence-electron chi connectivity index (χ2n) is 6.15. The lowest BCUT2D eigenvalue weighted by Crippen LogP contribution is -2.38. The van der Waals surface area contributed by atoms with Crippen molar-refractivity contribution >= 4 is 17.2 Å². The van der Waals surface area contributed by atoms with Crippen molar-refractivity contribution in [1.29, 1.82) is 0 Å². The monoisotopic (exact) mass is 318 g/mol. The largest absolute Gasteiger partial charge is 0.337 e. The molecule has 0 atom stereocenters. The summed E-state index contributed by atoms with van der Waals surface area (Å²) < 4.78 is 1.83. The Labute approximate surface area is 135 Å². The van der Waals surface area contributed by atoms with Gasteiger partial charge in [0.05, 0.1) is 5.01 Å². The molecule has 0 spiro atoms. The molecule has 0 radical (unpaired) electrons. The smallest absolute Gasteiger partial charge is 0.274 e. The van der Waals surface area contributed by atoms with Crippen molar-refractivity contribution in [1.82, 2.24) is 19.7 Å². The fourth-order valence-corrected chi connectivity index (χ4v) is 3.74. The molecule has 22 heavy (non-hydrogen) atoms. The number of aryl methyl sites for hydroxylation is 1. The summed E-state index contributed by atoms with van der Waals surface area (Å²) in [6.07, 6.45) is 5.80. The predicted octanol–water partition coefficient (Wildman–Crippen LogP) is 3.25. The summed E-state index contributed by atoms with van der Waals surface area (Å²) in [5.41, 5.74) is 0.553. The van der Waals surface area contributed by atoms with Gasteiger partial charge in [-0.2, -0.15) is 5.10 Å². The third-order valence-corrected chi connectivity index (χ3v) is 5.20. The molecule has 5 nitrogen and oxygen atoms in total. The lowest BCUT2D eigenvalue weighted by molar-refractivity contribution is 0.0706. The third kappa shape index (κ3) is 3.06. The Bertz CT molecular complexity index is 653. The molecule has 3 rings (SSSR count). The number of aromatic nitrogens is 3. The number of hydrogen-bond donors (Lipinski definition) is 0. The topological polar surface area (TPSA) is 51.0 Å². The molecule has 0 saturated carbocycles. The Hall–Kier alpha value is -1.69. The van der Waals surface area contributed by atoms with Crippen LogP contribution in [-0.4, -0.2) is 38.7 Å². The Balaban J connectivity index is 1.61. The van der Waals surface area contributed by atoms with E-state index in [4.69, 9.17) is 0 Å². The van der Waals surface area contributed by atoms with Gasteiger partial charge in [0.15, 0.2) is 0 Å². The molecule has 1 amide bonds. The van der Waals surface area contributed by atoms with Crippen LogP contribution in [-0.2, 0) is 0 Å². The Morgan fingerprint density at radius 2 is 2.09 bits per heavy atom. The van der Waals surface area contributed by atoms with Gasteiger partial charge in [-0.25, -0.2) is 4.98 Å². The highest BCUT2D eigenvalue weighted by Crippen LogP contribution is 2.31. The molecule has 1 aliphatic rings. The first kappa shape index (κ1) is 15.2. The van der Waals surface area contributed by atoms with Gasteiger partial charge in [-0.1, -0.05) is 0 Å². The van der Waals surface area contributed by atoms with Crippen molar-refractivity contribution in [2.45, 2.75) is 45.6 Å². The van der Waals surface area contributed by atoms with Crippen molar-refractivity contribution in [3.05, 3.63) is 34.0 Å². The third-order valence-electron chi connectivity index (χ3n) is 4.13. The summed E-state index contributed by atoms with van der Waals surface area (Å²) in [5, 5.41) is 5.60. The molecule has 0 aromatic carbocycles. The van der Waals surface area contributed by atoms with Gasteiger partial charge in [0.2, 0.25) is 0 Å². The van der Waals surface area contributed by atoms with Crippen molar-refractivity contribution in [3.63, 3.8) is 0 Å². The molecule has 118 valence electrons. The van der Waals surface area contributed by atoms with Gasteiger partial charge in [-0.3, -0.25) is 9.48 Å². The Kier molecular flexibility index (Phi) is 4.29. The molecule has 1 fully saturated rings. The number of thiazole rings is 1. The number of carbonyl (C=O) groups is 1. The van der Waals surface area contributed by atoms with Gasteiger partial charge < -0.3 is 4.90 Å². The van der Waals surface area contributed by atoms with Crippen molar-refractivity contribution in [2.75, 3.05) is 13.1 Å². The van der Waals surface area contributed by atoms with Gasteiger partial charge in [-0.15, -0.1) is 11.3 Å². The van der Waals surface area contributed by atoms with E-state index in [0.717, 1.165) is 25.9 Å². The number of likely N-dealkylation sites (tertiary alicyclic amines) is 1. The van der Waals surface area contributed by atoms with Crippen LogP contribution in [0.3, 0.4) is 0 Å². The Morgan fingerprint density at radius 3 is 2.64 bits per heavy atom. The summed E-state index contributed by atoms with van der Waals surface area (Å²) in [5.74, 6) is 0.546. The SMILES string of the molecule is Cc1cnc(C2CCN(C(=O)c3ccn(C(C)C)n3)CC2)s1. The standard InChI is InChI=1S/C16H22N4OS/c1-11(2)20-9-6-14(18-20)16(21)19-7-4-13(5-8-19)15-17-10-12(3)22-15/h6,9-11,13H,4-5,7-8H2,1-3H3. The fraction of sp³-hybridized carbons (Fsp3) is 0.562. The zero-order valence-electron chi connectivity index (χ0n) is 13.3. The van der Waals surface area contributed by atoms with Crippen LogP contribution in [0.15, 0.2) is 18.5 Å². The highest BCUT2D eigenvalue weighted by molar-refractivity contribution is 7.11. The average molecular weight is 318 g/mol. The molecule has 0 unspecified atom stereocenters. The van der Waals surface area contributed by atoms with E-state index >= 15 is 0 Å². The molecule has 0 N–H and O–H groups in total. The van der Waals surface area contributed by atoms with Crippen LogP contribution < -0.4 is 0 Å². The average Bonchev–Trinajstić information content (AvgIpc) is 3.16. The van der Waals surface area contributed by atoms with E-state index in [1.807, 2.05) is 28.0 Å². The lowest BCUT2D eigenvalue weighted by Gasteiger charge is -2.30. The quantitative estimate of drug-likeness (QED) is 0.873. The van der Waals surface area contributed by atoms with Crippen LogP contribution in [0.1, 0.15) is 59.0 Å². The molecule has 2 aromatic rings. The zero-order chi connectivity index (χ0) is 15.7. The van der Waals surface area contributed by atoms with E-state index < -0.39 is 0 Å². The van der Waals surface area contributed by atoms with Gasteiger partial charge in [0.25, 0.3) is 5.91 Å². The van der Waals surface area contributed by atoms with Gasteiger partial charge in [0.1, 0.15) is 5.69 Å². The van der Waals surface area contributed by atoms with Crippen LogP contribution in [0.2, 0.25) is 0 Å². The minimum atomic E-state index is 0.0492. The molecule has 1 aliphatic heterocycles. The molecule has 0 aliphatic carbocycles. The fourth-order valence-electron chi connectivity index (χ4n) is 2.79. The molecular weight excluding hydrogens is 296 g/mol. The second kappa shape index (κ2) is 6.20. The van der Waals surface area contributed by atoms with Crippen molar-refractivity contribution in [3.8, 4) is 0 Å². The van der Waals surface area contributed by atoms with Crippen LogP contribution in [0.4, 0.5) is 0 Å². The molecule has 6 heteroatoms. The first-order valence-corrected chi connectivity index (χ1v) is 8.63. The molecule has 1 saturated heterocycles. The number of carbonyl (C=O) groups excluding carboxylic acids is 1. The predicted molar refractivity (Wildman–Crippen MR) is 87.3 cm³/mol. The Morgan fingerprint density at radius 1 is 1.36 bits per heavy atom. The summed E-state index contributed by atoms with van der Waals surface area (Å²) in [6.45, 7) is 7.78. The van der Waals surface area contributed by atoms with Crippen LogP contribution in [0.25, 0.3) is 0 Å². The van der Waals surface area contributed by atoms with Crippen LogP contribution in [0, 0.1) is 6.92 Å². The van der Waals surface area contributed by atoms with Crippen LogP contribution in [0.5, 0.6) is 0 Å². The molecule has 2 aromatic heterocycles.